The third-order valence-electron chi connectivity index (χ3n) is 13.2. The van der Waals surface area contributed by atoms with Gasteiger partial charge >= 0.3 is 0 Å². The topological polar surface area (TPSA) is 128 Å². The molecule has 0 N–H and O–H groups in total. The third kappa shape index (κ3) is 8.12. The van der Waals surface area contributed by atoms with Gasteiger partial charge in [0.1, 0.15) is 0 Å². The Bertz CT molecular complexity index is 3840. The molecule has 3 heterocycles. The van der Waals surface area contributed by atoms with Crippen molar-refractivity contribution in [3.05, 3.63) is 247 Å². The molecule has 3 aromatic heterocycles. The highest BCUT2D eigenvalue weighted by atomic mass is 15.0. The molecule has 0 aliphatic heterocycles. The summed E-state index contributed by atoms with van der Waals surface area (Å²) in [5.74, 6) is 0.924. The van der Waals surface area contributed by atoms with Crippen molar-refractivity contribution in [1.29, 1.82) is 15.8 Å². The summed E-state index contributed by atoms with van der Waals surface area (Å²) in [7, 11) is 0. The lowest BCUT2D eigenvalue weighted by molar-refractivity contribution is 1.13. The summed E-state index contributed by atoms with van der Waals surface area (Å²) < 4.78 is 2.23. The molecule has 8 heteroatoms. The van der Waals surface area contributed by atoms with Crippen LogP contribution in [-0.2, 0) is 0 Å². The van der Waals surface area contributed by atoms with E-state index >= 15 is 0 Å². The van der Waals surface area contributed by atoms with Crippen molar-refractivity contribution in [3.8, 4) is 114 Å². The minimum absolute atomic E-state index is 0.386. The van der Waals surface area contributed by atoms with Gasteiger partial charge in [-0.2, -0.15) is 15.8 Å². The summed E-state index contributed by atoms with van der Waals surface area (Å²) >= 11 is 0. The van der Waals surface area contributed by atoms with E-state index in [9.17, 15) is 15.8 Å². The summed E-state index contributed by atoms with van der Waals surface area (Å²) in [6.45, 7) is 0. The highest BCUT2D eigenvalue weighted by Crippen LogP contribution is 2.45. The fourth-order valence-corrected chi connectivity index (χ4v) is 9.71. The van der Waals surface area contributed by atoms with Crippen molar-refractivity contribution in [3.63, 3.8) is 0 Å². The molecule has 0 radical (unpaired) electrons. The number of fused-ring (bicyclic) bond motifs is 3. The first-order valence-electron chi connectivity index (χ1n) is 23.7. The van der Waals surface area contributed by atoms with E-state index in [1.165, 1.54) is 0 Å². The fraction of sp³-hybridized carbons (Fsp3) is 0. The van der Waals surface area contributed by atoms with E-state index in [1.54, 1.807) is 0 Å². The average Bonchev–Trinajstić information content (AvgIpc) is 3.80. The Labute approximate surface area is 421 Å². The maximum absolute atomic E-state index is 11.1. The Kier molecular flexibility index (Phi) is 11.2. The zero-order chi connectivity index (χ0) is 49.3. The maximum Gasteiger partial charge on any atom is 0.162 e. The Balaban J connectivity index is 1.24. The lowest BCUT2D eigenvalue weighted by Gasteiger charge is -2.20. The molecular formula is C65H38N8. The van der Waals surface area contributed by atoms with E-state index < -0.39 is 0 Å². The highest BCUT2D eigenvalue weighted by molar-refractivity contribution is 6.13. The van der Waals surface area contributed by atoms with Crippen LogP contribution in [0.5, 0.6) is 0 Å². The van der Waals surface area contributed by atoms with Crippen molar-refractivity contribution >= 4 is 21.8 Å². The molecule has 338 valence electrons. The first kappa shape index (κ1) is 43.7. The molecule has 0 fully saturated rings. The molecule has 0 bridgehead atoms. The van der Waals surface area contributed by atoms with Crippen LogP contribution in [0.3, 0.4) is 0 Å². The van der Waals surface area contributed by atoms with Gasteiger partial charge in [-0.3, -0.25) is 0 Å². The summed E-state index contributed by atoms with van der Waals surface area (Å²) in [5.41, 5.74) is 14.7. The van der Waals surface area contributed by atoms with Crippen LogP contribution in [-0.4, -0.2) is 24.5 Å². The molecule has 12 rings (SSSR count). The normalized spacial score (nSPS) is 11.0. The van der Waals surface area contributed by atoms with E-state index in [4.69, 9.17) is 19.9 Å². The summed E-state index contributed by atoms with van der Waals surface area (Å²) in [5, 5.41) is 33.5. The minimum Gasteiger partial charge on any atom is -0.308 e. The summed E-state index contributed by atoms with van der Waals surface area (Å²) in [6.07, 6.45) is 0. The molecule has 0 saturated carbocycles. The standard InChI is InChI=1S/C65H38N8/c66-39-42-33-55(60-38-59(45-21-9-3-10-22-45)69-64(72-60)46-23-11-4-12-24-46)63(56(34-42)65-70-57(43-17-5-1-6-18-43)37-58(71-65)44-19-7-2-8-20-44)73-61-31-29-47(51-27-15-13-25-49(51)40-67)35-53(61)54-36-48(30-32-62(54)73)52-28-16-14-26-50(52)41-68/h1-38H. The number of hydrogen-bond donors (Lipinski definition) is 0. The molecule has 73 heavy (non-hydrogen) atoms. The quantitative estimate of drug-likeness (QED) is 0.141. The SMILES string of the molecule is N#Cc1cc(-c2cc(-c3ccccc3)nc(-c3ccccc3)n2)c(-n2c3ccc(-c4ccccc4C#N)cc3c3cc(-c4ccccc4C#N)ccc32)c(-c2nc(-c3ccccc3)cc(-c3ccccc3)n2)c1. The first-order chi connectivity index (χ1) is 36.0. The first-order valence-corrected chi connectivity index (χ1v) is 23.7. The van der Waals surface area contributed by atoms with Crippen molar-refractivity contribution in [2.24, 2.45) is 0 Å². The molecule has 0 atom stereocenters. The van der Waals surface area contributed by atoms with Crippen LogP contribution in [0.15, 0.2) is 231 Å². The van der Waals surface area contributed by atoms with Crippen LogP contribution in [0.25, 0.3) is 118 Å². The third-order valence-corrected chi connectivity index (χ3v) is 13.2. The summed E-state index contributed by atoms with van der Waals surface area (Å²) in [4.78, 5) is 21.3. The van der Waals surface area contributed by atoms with Gasteiger partial charge in [-0.25, -0.2) is 19.9 Å². The molecule has 0 aliphatic carbocycles. The molecule has 9 aromatic carbocycles. The van der Waals surface area contributed by atoms with Gasteiger partial charge in [-0.1, -0.05) is 170 Å². The van der Waals surface area contributed by atoms with Gasteiger partial charge in [0.05, 0.1) is 74.4 Å². The van der Waals surface area contributed by atoms with Crippen LogP contribution in [0, 0.1) is 34.0 Å². The second kappa shape index (κ2) is 18.7. The van der Waals surface area contributed by atoms with E-state index in [0.717, 1.165) is 66.3 Å². The minimum atomic E-state index is 0.386. The second-order valence-corrected chi connectivity index (χ2v) is 17.5. The highest BCUT2D eigenvalue weighted by Gasteiger charge is 2.26. The Morgan fingerprint density at radius 3 is 1.16 bits per heavy atom. The second-order valence-electron chi connectivity index (χ2n) is 17.5. The van der Waals surface area contributed by atoms with Crippen molar-refractivity contribution in [1.82, 2.24) is 24.5 Å². The maximum atomic E-state index is 11.1. The van der Waals surface area contributed by atoms with Gasteiger partial charge in [0, 0.05) is 44.2 Å². The van der Waals surface area contributed by atoms with Gasteiger partial charge < -0.3 is 4.57 Å². The molecule has 0 amide bonds. The molecule has 0 saturated heterocycles. The lowest BCUT2D eigenvalue weighted by Crippen LogP contribution is -2.06. The molecule has 12 aromatic rings. The number of benzene rings is 9. The van der Waals surface area contributed by atoms with Crippen LogP contribution in [0.4, 0.5) is 0 Å². The van der Waals surface area contributed by atoms with Crippen LogP contribution in [0.1, 0.15) is 16.7 Å². The van der Waals surface area contributed by atoms with E-state index in [2.05, 4.69) is 59.2 Å². The predicted octanol–water partition coefficient (Wildman–Crippen LogP) is 15.3. The van der Waals surface area contributed by atoms with E-state index in [1.807, 2.05) is 194 Å². The van der Waals surface area contributed by atoms with E-state index in [0.29, 0.717) is 67.9 Å². The number of nitrogens with zero attached hydrogens (tertiary/aromatic N) is 8. The number of rotatable bonds is 9. The van der Waals surface area contributed by atoms with Crippen LogP contribution in [0.2, 0.25) is 0 Å². The largest absolute Gasteiger partial charge is 0.308 e. The zero-order valence-corrected chi connectivity index (χ0v) is 39.0. The van der Waals surface area contributed by atoms with Crippen molar-refractivity contribution < 1.29 is 0 Å². The number of aromatic nitrogens is 5. The van der Waals surface area contributed by atoms with Crippen molar-refractivity contribution in [2.45, 2.75) is 0 Å². The van der Waals surface area contributed by atoms with Gasteiger partial charge in [0.2, 0.25) is 0 Å². The van der Waals surface area contributed by atoms with Crippen molar-refractivity contribution in [2.75, 3.05) is 0 Å². The molecule has 0 aliphatic rings. The summed E-state index contributed by atoms with van der Waals surface area (Å²) in [6, 6.07) is 82.8. The van der Waals surface area contributed by atoms with Gasteiger partial charge in [0.25, 0.3) is 0 Å². The van der Waals surface area contributed by atoms with Gasteiger partial charge in [-0.15, -0.1) is 0 Å². The smallest absolute Gasteiger partial charge is 0.162 e. The average molecular weight is 931 g/mol. The Morgan fingerprint density at radius 2 is 0.699 bits per heavy atom. The number of hydrogen-bond acceptors (Lipinski definition) is 7. The van der Waals surface area contributed by atoms with Gasteiger partial charge in [-0.05, 0) is 82.9 Å². The van der Waals surface area contributed by atoms with Crippen LogP contribution >= 0.6 is 0 Å². The van der Waals surface area contributed by atoms with Crippen LogP contribution < -0.4 is 0 Å². The number of nitriles is 3. The monoisotopic (exact) mass is 930 g/mol. The zero-order valence-electron chi connectivity index (χ0n) is 39.0. The lowest BCUT2D eigenvalue weighted by atomic mass is 9.96. The Hall–Kier alpha value is -10.6. The molecule has 8 nitrogen and oxygen atoms in total. The molecule has 0 spiro atoms. The van der Waals surface area contributed by atoms with E-state index in [-0.39, 0.29) is 0 Å². The predicted molar refractivity (Wildman–Crippen MR) is 290 cm³/mol. The Morgan fingerprint density at radius 1 is 0.301 bits per heavy atom. The van der Waals surface area contributed by atoms with Gasteiger partial charge in [0.15, 0.2) is 11.6 Å². The molecular weight excluding hydrogens is 893 g/mol. The molecule has 0 unspecified atom stereocenters. The fourth-order valence-electron chi connectivity index (χ4n) is 9.71.